The van der Waals surface area contributed by atoms with Gasteiger partial charge in [0.2, 0.25) is 0 Å². The van der Waals surface area contributed by atoms with Gasteiger partial charge in [0.05, 0.1) is 6.54 Å². The second-order valence-corrected chi connectivity index (χ2v) is 6.23. The molecule has 2 N–H and O–H groups in total. The van der Waals surface area contributed by atoms with Crippen LogP contribution in [0.2, 0.25) is 0 Å². The van der Waals surface area contributed by atoms with Gasteiger partial charge in [-0.2, -0.15) is 5.10 Å². The molecule has 0 spiro atoms. The fourth-order valence-corrected chi connectivity index (χ4v) is 3.28. The number of hydrogen-bond donors (Lipinski definition) is 2. The van der Waals surface area contributed by atoms with Crippen LogP contribution in [0.25, 0.3) is 11.4 Å². The van der Waals surface area contributed by atoms with E-state index in [0.717, 1.165) is 42.4 Å². The molecule has 1 aromatic heterocycles. The first kappa shape index (κ1) is 16.3. The molecule has 0 aliphatic carbocycles. The molecule has 2 aromatic carbocycles. The fraction of sp³-hybridized carbons (Fsp3) is 0.250. The second kappa shape index (κ2) is 7.39. The Labute approximate surface area is 153 Å². The van der Waals surface area contributed by atoms with E-state index in [9.17, 15) is 0 Å². The highest BCUT2D eigenvalue weighted by molar-refractivity contribution is 5.97. The van der Waals surface area contributed by atoms with Crippen molar-refractivity contribution in [3.8, 4) is 11.4 Å². The largest absolute Gasteiger partial charge is 0.356 e. The summed E-state index contributed by atoms with van der Waals surface area (Å²) in [5, 5.41) is 10.2. The lowest BCUT2D eigenvalue weighted by molar-refractivity contribution is 0.882. The molecule has 0 unspecified atom stereocenters. The summed E-state index contributed by atoms with van der Waals surface area (Å²) in [6.45, 7) is 4.52. The number of para-hydroxylation sites is 1. The lowest BCUT2D eigenvalue weighted by Crippen LogP contribution is -2.40. The number of rotatable bonds is 4. The molecular formula is C20H22N6. The molecule has 0 fully saturated rings. The van der Waals surface area contributed by atoms with Gasteiger partial charge in [0.25, 0.3) is 0 Å². The van der Waals surface area contributed by atoms with Crippen molar-refractivity contribution in [2.75, 3.05) is 18.0 Å². The molecule has 0 atom stereocenters. The first-order valence-electron chi connectivity index (χ1n) is 8.93. The molecule has 0 saturated carbocycles. The van der Waals surface area contributed by atoms with Crippen molar-refractivity contribution >= 4 is 11.6 Å². The molecule has 1 aliphatic heterocycles. The van der Waals surface area contributed by atoms with E-state index in [1.165, 1.54) is 17.6 Å². The minimum Gasteiger partial charge on any atom is -0.356 e. The van der Waals surface area contributed by atoms with Gasteiger partial charge in [0.1, 0.15) is 6.33 Å². The number of fused-ring (bicyclic) bond motifs is 1. The van der Waals surface area contributed by atoms with Gasteiger partial charge in [-0.05, 0) is 36.6 Å². The van der Waals surface area contributed by atoms with Gasteiger partial charge in [-0.3, -0.25) is 5.10 Å². The van der Waals surface area contributed by atoms with Gasteiger partial charge in [0.15, 0.2) is 11.8 Å². The Morgan fingerprint density at radius 3 is 3.00 bits per heavy atom. The molecule has 0 amide bonds. The van der Waals surface area contributed by atoms with Crippen LogP contribution >= 0.6 is 0 Å². The summed E-state index contributed by atoms with van der Waals surface area (Å²) in [5.74, 6) is 1.71. The normalized spacial score (nSPS) is 13.7. The Morgan fingerprint density at radius 1 is 1.23 bits per heavy atom. The zero-order chi connectivity index (χ0) is 17.8. The number of H-pyrrole nitrogens is 1. The summed E-state index contributed by atoms with van der Waals surface area (Å²) in [4.78, 5) is 11.4. The van der Waals surface area contributed by atoms with Crippen LogP contribution in [0.3, 0.4) is 0 Å². The zero-order valence-electron chi connectivity index (χ0n) is 14.8. The maximum atomic E-state index is 4.87. The summed E-state index contributed by atoms with van der Waals surface area (Å²) in [7, 11) is 0. The standard InChI is InChI=1S/C20H22N6/c1-2-21-20(26-11-10-16-7-3-4-9-18(16)26)22-13-15-6-5-8-17(12-15)19-23-14-24-25-19/h3-9,12,14H,2,10-11,13H2,1H3,(H,21,22)(H,23,24,25). The van der Waals surface area contributed by atoms with Crippen molar-refractivity contribution in [1.29, 1.82) is 0 Å². The number of aromatic amines is 1. The number of hydrogen-bond acceptors (Lipinski definition) is 3. The third-order valence-corrected chi connectivity index (χ3v) is 4.50. The van der Waals surface area contributed by atoms with Gasteiger partial charge in [-0.25, -0.2) is 9.98 Å². The van der Waals surface area contributed by atoms with Crippen molar-refractivity contribution in [1.82, 2.24) is 20.5 Å². The molecule has 6 heteroatoms. The lowest BCUT2D eigenvalue weighted by Gasteiger charge is -2.22. The molecule has 3 aromatic rings. The van der Waals surface area contributed by atoms with Crippen LogP contribution < -0.4 is 10.2 Å². The van der Waals surface area contributed by atoms with Gasteiger partial charge in [-0.1, -0.05) is 36.4 Å². The van der Waals surface area contributed by atoms with Crippen LogP contribution in [-0.2, 0) is 13.0 Å². The van der Waals surface area contributed by atoms with E-state index in [-0.39, 0.29) is 0 Å². The van der Waals surface area contributed by atoms with E-state index in [0.29, 0.717) is 6.54 Å². The number of aromatic nitrogens is 3. The van der Waals surface area contributed by atoms with Crippen LogP contribution in [0, 0.1) is 0 Å². The Kier molecular flexibility index (Phi) is 4.64. The first-order valence-corrected chi connectivity index (χ1v) is 8.93. The molecular weight excluding hydrogens is 324 g/mol. The predicted octanol–water partition coefficient (Wildman–Crippen LogP) is 3.00. The van der Waals surface area contributed by atoms with Crippen molar-refractivity contribution in [3.05, 3.63) is 66.0 Å². The average molecular weight is 346 g/mol. The Morgan fingerprint density at radius 2 is 2.15 bits per heavy atom. The smallest absolute Gasteiger partial charge is 0.198 e. The SMILES string of the molecule is CCNC(=NCc1cccc(-c2ncn[nH]2)c1)N1CCc2ccccc21. The predicted molar refractivity (Wildman–Crippen MR) is 104 cm³/mol. The third kappa shape index (κ3) is 3.31. The topological polar surface area (TPSA) is 69.2 Å². The van der Waals surface area contributed by atoms with E-state index >= 15 is 0 Å². The van der Waals surface area contributed by atoms with E-state index in [2.05, 4.69) is 68.7 Å². The minimum absolute atomic E-state index is 0.614. The summed E-state index contributed by atoms with van der Waals surface area (Å²) in [6.07, 6.45) is 2.58. The number of anilines is 1. The van der Waals surface area contributed by atoms with Crippen LogP contribution in [0.15, 0.2) is 59.9 Å². The summed E-state index contributed by atoms with van der Waals surface area (Å²) in [6, 6.07) is 16.8. The molecule has 1 aliphatic rings. The third-order valence-electron chi connectivity index (χ3n) is 4.50. The molecule has 0 saturated heterocycles. The minimum atomic E-state index is 0.614. The highest BCUT2D eigenvalue weighted by Gasteiger charge is 2.22. The molecule has 132 valence electrons. The number of nitrogens with zero attached hydrogens (tertiary/aromatic N) is 4. The Bertz CT molecular complexity index is 900. The van der Waals surface area contributed by atoms with Crippen LogP contribution in [-0.4, -0.2) is 34.2 Å². The lowest BCUT2D eigenvalue weighted by atomic mass is 10.1. The van der Waals surface area contributed by atoms with Gasteiger partial charge in [-0.15, -0.1) is 0 Å². The highest BCUT2D eigenvalue weighted by atomic mass is 15.3. The quantitative estimate of drug-likeness (QED) is 0.563. The van der Waals surface area contributed by atoms with E-state index in [4.69, 9.17) is 4.99 Å². The Hall–Kier alpha value is -3.15. The van der Waals surface area contributed by atoms with Crippen LogP contribution in [0.4, 0.5) is 5.69 Å². The van der Waals surface area contributed by atoms with E-state index in [1.54, 1.807) is 0 Å². The molecule has 0 radical (unpaired) electrons. The maximum Gasteiger partial charge on any atom is 0.198 e. The van der Waals surface area contributed by atoms with Crippen molar-refractivity contribution in [2.24, 2.45) is 4.99 Å². The number of nitrogens with one attached hydrogen (secondary N) is 2. The van der Waals surface area contributed by atoms with Gasteiger partial charge < -0.3 is 10.2 Å². The molecule has 6 nitrogen and oxygen atoms in total. The maximum absolute atomic E-state index is 4.87. The second-order valence-electron chi connectivity index (χ2n) is 6.23. The summed E-state index contributed by atoms with van der Waals surface area (Å²) in [5.41, 5.74) is 4.79. The molecule has 26 heavy (non-hydrogen) atoms. The van der Waals surface area contributed by atoms with Crippen LogP contribution in [0.1, 0.15) is 18.1 Å². The van der Waals surface area contributed by atoms with Crippen molar-refractivity contribution in [2.45, 2.75) is 19.9 Å². The fourth-order valence-electron chi connectivity index (χ4n) is 3.28. The number of aliphatic imine (C=N–C) groups is 1. The summed E-state index contributed by atoms with van der Waals surface area (Å²) < 4.78 is 0. The highest BCUT2D eigenvalue weighted by Crippen LogP contribution is 2.27. The van der Waals surface area contributed by atoms with Crippen LogP contribution in [0.5, 0.6) is 0 Å². The zero-order valence-corrected chi connectivity index (χ0v) is 14.8. The molecule has 4 rings (SSSR count). The number of benzene rings is 2. The number of guanidine groups is 1. The average Bonchev–Trinajstić information content (AvgIpc) is 3.35. The monoisotopic (exact) mass is 346 g/mol. The van der Waals surface area contributed by atoms with Gasteiger partial charge in [0, 0.05) is 24.3 Å². The van der Waals surface area contributed by atoms with Gasteiger partial charge >= 0.3 is 0 Å². The van der Waals surface area contributed by atoms with E-state index < -0.39 is 0 Å². The summed E-state index contributed by atoms with van der Waals surface area (Å²) >= 11 is 0. The molecule has 2 heterocycles. The molecule has 0 bridgehead atoms. The van der Waals surface area contributed by atoms with Crippen molar-refractivity contribution < 1.29 is 0 Å². The van der Waals surface area contributed by atoms with E-state index in [1.807, 2.05) is 12.1 Å². The van der Waals surface area contributed by atoms with Crippen molar-refractivity contribution in [3.63, 3.8) is 0 Å². The Balaban J connectivity index is 1.57. The first-order chi connectivity index (χ1) is 12.8.